The Morgan fingerprint density at radius 3 is 1.67 bits per heavy atom. The maximum absolute atomic E-state index is 2.26. The van der Waals surface area contributed by atoms with Gasteiger partial charge in [0.05, 0.1) is 9.52 Å². The minimum absolute atomic E-state index is 0. The van der Waals surface area contributed by atoms with Gasteiger partial charge in [-0.1, -0.05) is 23.6 Å². The summed E-state index contributed by atoms with van der Waals surface area (Å²) in [5.41, 5.74) is 4.53. The van der Waals surface area contributed by atoms with Crippen LogP contribution in [0.2, 0.25) is 0 Å². The van der Waals surface area contributed by atoms with Crippen molar-refractivity contribution in [1.82, 2.24) is 0 Å². The molecule has 32 valence electrons. The van der Waals surface area contributed by atoms with Gasteiger partial charge in [0, 0.05) is 21.1 Å². The Morgan fingerprint density at radius 2 is 1.50 bits per heavy atom. The van der Waals surface area contributed by atoms with E-state index in [1.165, 1.54) is 0 Å². The quantitative estimate of drug-likeness (QED) is 0.464. The topological polar surface area (TPSA) is 0 Å². The molecule has 0 saturated carbocycles. The fourth-order valence-electron chi connectivity index (χ4n) is 0.393. The van der Waals surface area contributed by atoms with E-state index in [9.17, 15) is 0 Å². The molecule has 0 amide bonds. The number of hydrogen-bond acceptors (Lipinski definition) is 0. The summed E-state index contributed by atoms with van der Waals surface area (Å²) < 4.78 is 0. The van der Waals surface area contributed by atoms with Gasteiger partial charge in [-0.25, -0.2) is 0 Å². The Labute approximate surface area is 54.4 Å². The van der Waals surface area contributed by atoms with Crippen molar-refractivity contribution in [2.75, 3.05) is 0 Å². The summed E-state index contributed by atoms with van der Waals surface area (Å²) in [7, 11) is 0.182. The predicted molar refractivity (Wildman–Crippen MR) is 26.8 cm³/mol. The van der Waals surface area contributed by atoms with Crippen molar-refractivity contribution < 1.29 is 21.1 Å². The van der Waals surface area contributed by atoms with E-state index in [1.54, 1.807) is 0 Å². The van der Waals surface area contributed by atoms with E-state index in [1.807, 2.05) is 0 Å². The van der Waals surface area contributed by atoms with Crippen LogP contribution in [0.15, 0.2) is 23.6 Å². The van der Waals surface area contributed by atoms with Crippen molar-refractivity contribution in [2.45, 2.75) is 0 Å². The molecule has 0 N–H and O–H groups in total. The third-order valence-corrected chi connectivity index (χ3v) is 1.74. The summed E-state index contributed by atoms with van der Waals surface area (Å²) in [4.78, 5) is 0. The van der Waals surface area contributed by atoms with Gasteiger partial charge >= 0.3 is 0 Å². The fraction of sp³-hybridized carbons (Fsp3) is 0. The van der Waals surface area contributed by atoms with Gasteiger partial charge in [-0.05, 0) is 0 Å². The molecule has 1 rings (SSSR count). The fourth-order valence-corrected chi connectivity index (χ4v) is 1.18. The molecular formula is C4H6MoSi. The molecule has 1 heterocycles. The predicted octanol–water partition coefficient (Wildman–Crippen LogP) is 0.194. The molecule has 1 aliphatic rings. The maximum Gasteiger partial charge on any atom is 0.0691 e. The molecule has 0 aromatic rings. The van der Waals surface area contributed by atoms with Crippen LogP contribution in [0.3, 0.4) is 0 Å². The zero-order chi connectivity index (χ0) is 3.54. The zero-order valence-electron chi connectivity index (χ0n) is 3.42. The van der Waals surface area contributed by atoms with E-state index >= 15 is 0 Å². The maximum atomic E-state index is 2.26. The molecule has 0 radical (unpaired) electrons. The second-order valence-electron chi connectivity index (χ2n) is 1.09. The molecule has 0 aliphatic carbocycles. The summed E-state index contributed by atoms with van der Waals surface area (Å²) in [6, 6.07) is 0. The van der Waals surface area contributed by atoms with Crippen LogP contribution >= 0.6 is 0 Å². The van der Waals surface area contributed by atoms with E-state index < -0.39 is 0 Å². The van der Waals surface area contributed by atoms with Gasteiger partial charge in [0.1, 0.15) is 0 Å². The van der Waals surface area contributed by atoms with Crippen LogP contribution < -0.4 is 0 Å². The van der Waals surface area contributed by atoms with Crippen LogP contribution in [-0.4, -0.2) is 9.52 Å². The van der Waals surface area contributed by atoms with E-state index in [0.717, 1.165) is 0 Å². The Kier molecular flexibility index (Phi) is 3.80. The van der Waals surface area contributed by atoms with E-state index in [2.05, 4.69) is 23.6 Å². The van der Waals surface area contributed by atoms with Gasteiger partial charge in [0.25, 0.3) is 0 Å². The second kappa shape index (κ2) is 3.57. The summed E-state index contributed by atoms with van der Waals surface area (Å²) in [5, 5.41) is 0. The van der Waals surface area contributed by atoms with E-state index in [0.29, 0.717) is 0 Å². The molecule has 1 aliphatic heterocycles. The molecule has 0 fully saturated rings. The average molecular weight is 178 g/mol. The van der Waals surface area contributed by atoms with Gasteiger partial charge < -0.3 is 0 Å². The Hall–Kier alpha value is 0.385. The van der Waals surface area contributed by atoms with Crippen molar-refractivity contribution >= 4 is 9.52 Å². The molecule has 0 aromatic heterocycles. The minimum atomic E-state index is 0. The monoisotopic (exact) mass is 180 g/mol. The Bertz CT molecular complexity index is 65.6. The molecule has 0 spiro atoms. The third kappa shape index (κ3) is 1.73. The molecule has 0 unspecified atom stereocenters. The summed E-state index contributed by atoms with van der Waals surface area (Å²) in [5.74, 6) is 0. The van der Waals surface area contributed by atoms with Crippen LogP contribution in [0.25, 0.3) is 0 Å². The van der Waals surface area contributed by atoms with Gasteiger partial charge in [-0.15, -0.1) is 0 Å². The van der Waals surface area contributed by atoms with Crippen LogP contribution in [0.1, 0.15) is 0 Å². The Morgan fingerprint density at radius 1 is 1.00 bits per heavy atom. The molecule has 6 heavy (non-hydrogen) atoms. The molecule has 0 atom stereocenters. The molecule has 2 heteroatoms. The SMILES string of the molecule is C1=C[SiH2]C=C1.[Mo]. The first kappa shape index (κ1) is 6.39. The van der Waals surface area contributed by atoms with E-state index in [4.69, 9.17) is 0 Å². The first-order chi connectivity index (χ1) is 2.50. The van der Waals surface area contributed by atoms with Crippen molar-refractivity contribution in [3.8, 4) is 0 Å². The zero-order valence-corrected chi connectivity index (χ0v) is 6.85. The van der Waals surface area contributed by atoms with Crippen LogP contribution in [0, 0.1) is 0 Å². The van der Waals surface area contributed by atoms with E-state index in [-0.39, 0.29) is 30.6 Å². The van der Waals surface area contributed by atoms with Crippen LogP contribution in [-0.2, 0) is 21.1 Å². The van der Waals surface area contributed by atoms with Gasteiger partial charge in [-0.3, -0.25) is 0 Å². The first-order valence-corrected chi connectivity index (χ1v) is 3.45. The van der Waals surface area contributed by atoms with Crippen molar-refractivity contribution in [1.29, 1.82) is 0 Å². The molecule has 0 saturated heterocycles. The first-order valence-electron chi connectivity index (χ1n) is 1.82. The largest absolute Gasteiger partial charge is 0.0969 e. The summed E-state index contributed by atoms with van der Waals surface area (Å²) in [6.07, 6.45) is 4.23. The van der Waals surface area contributed by atoms with Crippen molar-refractivity contribution in [2.24, 2.45) is 0 Å². The normalized spacial score (nSPS) is 14.7. The van der Waals surface area contributed by atoms with Crippen molar-refractivity contribution in [3.05, 3.63) is 23.6 Å². The number of rotatable bonds is 0. The molecular weight excluding hydrogens is 172 g/mol. The Balaban J connectivity index is 0.000000250. The molecule has 0 aromatic carbocycles. The minimum Gasteiger partial charge on any atom is -0.0969 e. The van der Waals surface area contributed by atoms with Gasteiger partial charge in [0.15, 0.2) is 0 Å². The number of hydrogen-bond donors (Lipinski definition) is 0. The molecule has 0 nitrogen and oxygen atoms in total. The van der Waals surface area contributed by atoms with Crippen molar-refractivity contribution in [3.63, 3.8) is 0 Å². The smallest absolute Gasteiger partial charge is 0.0691 e. The van der Waals surface area contributed by atoms with Crippen LogP contribution in [0.4, 0.5) is 0 Å². The summed E-state index contributed by atoms with van der Waals surface area (Å²) >= 11 is 0. The third-order valence-electron chi connectivity index (χ3n) is 0.655. The van der Waals surface area contributed by atoms with Crippen LogP contribution in [0.5, 0.6) is 0 Å². The standard InChI is InChI=1S/C4H6Si.Mo/c1-2-4-5-3-1;/h1-4H,5H2;. The second-order valence-corrected chi connectivity index (χ2v) is 2.51. The molecule has 0 bridgehead atoms. The average Bonchev–Trinajstić information content (AvgIpc) is 1.76. The summed E-state index contributed by atoms with van der Waals surface area (Å²) in [6.45, 7) is 0. The van der Waals surface area contributed by atoms with Gasteiger partial charge in [0.2, 0.25) is 0 Å². The number of allylic oxidation sites excluding steroid dienone is 2. The van der Waals surface area contributed by atoms with Gasteiger partial charge in [-0.2, -0.15) is 0 Å².